The van der Waals surface area contributed by atoms with Crippen LogP contribution in [-0.2, 0) is 0 Å². The normalized spacial score (nSPS) is 27.7. The summed E-state index contributed by atoms with van der Waals surface area (Å²) in [5.74, 6) is 0. The second-order valence-corrected chi connectivity index (χ2v) is 7.63. The number of nitrogens with zero attached hydrogens (tertiary/aromatic N) is 2. The average molecular weight is 309 g/mol. The molecule has 0 aromatic carbocycles. The van der Waals surface area contributed by atoms with Crippen LogP contribution in [0.5, 0.6) is 0 Å². The Morgan fingerprint density at radius 3 is 2.23 bits per heavy atom. The van der Waals surface area contributed by atoms with Gasteiger partial charge in [0.15, 0.2) is 0 Å². The van der Waals surface area contributed by atoms with Crippen molar-refractivity contribution in [1.82, 2.24) is 15.1 Å². The summed E-state index contributed by atoms with van der Waals surface area (Å²) in [4.78, 5) is 5.27. The topological polar surface area (TPSA) is 38.7 Å². The van der Waals surface area contributed by atoms with E-state index in [-0.39, 0.29) is 6.10 Å². The molecule has 0 aromatic heterocycles. The van der Waals surface area contributed by atoms with Crippen molar-refractivity contribution in [2.24, 2.45) is 0 Å². The maximum Gasteiger partial charge on any atom is 0.0564 e. The SMILES string of the molecule is OC1CCN(CCCNC2CCN(C3CCCC3)CC2)CC1. The van der Waals surface area contributed by atoms with E-state index in [0.717, 1.165) is 44.6 Å². The molecule has 1 saturated carbocycles. The first-order valence-electron chi connectivity index (χ1n) is 9.69. The number of nitrogens with one attached hydrogen (secondary N) is 1. The van der Waals surface area contributed by atoms with Crippen molar-refractivity contribution >= 4 is 0 Å². The second-order valence-electron chi connectivity index (χ2n) is 7.63. The number of hydrogen-bond donors (Lipinski definition) is 2. The van der Waals surface area contributed by atoms with Gasteiger partial charge in [-0.1, -0.05) is 12.8 Å². The highest BCUT2D eigenvalue weighted by molar-refractivity contribution is 4.84. The van der Waals surface area contributed by atoms with Gasteiger partial charge in [0, 0.05) is 25.2 Å². The third-order valence-electron chi connectivity index (χ3n) is 6.01. The van der Waals surface area contributed by atoms with Crippen molar-refractivity contribution in [3.8, 4) is 0 Å². The molecule has 0 radical (unpaired) electrons. The third-order valence-corrected chi connectivity index (χ3v) is 6.01. The molecule has 0 amide bonds. The van der Waals surface area contributed by atoms with Crippen LogP contribution < -0.4 is 5.32 Å². The van der Waals surface area contributed by atoms with Gasteiger partial charge in [0.25, 0.3) is 0 Å². The fourth-order valence-electron chi connectivity index (χ4n) is 4.49. The van der Waals surface area contributed by atoms with Gasteiger partial charge in [0.1, 0.15) is 0 Å². The lowest BCUT2D eigenvalue weighted by Gasteiger charge is -2.36. The Bertz CT molecular complexity index is 303. The summed E-state index contributed by atoms with van der Waals surface area (Å²) < 4.78 is 0. The van der Waals surface area contributed by atoms with E-state index in [1.807, 2.05) is 0 Å². The van der Waals surface area contributed by atoms with E-state index < -0.39 is 0 Å². The number of rotatable bonds is 6. The number of aliphatic hydroxyl groups excluding tert-OH is 1. The molecule has 0 unspecified atom stereocenters. The molecule has 4 nitrogen and oxygen atoms in total. The minimum atomic E-state index is -0.0422. The third kappa shape index (κ3) is 4.92. The van der Waals surface area contributed by atoms with Gasteiger partial charge in [-0.25, -0.2) is 0 Å². The van der Waals surface area contributed by atoms with Crippen LogP contribution in [0.3, 0.4) is 0 Å². The molecule has 22 heavy (non-hydrogen) atoms. The van der Waals surface area contributed by atoms with E-state index in [4.69, 9.17) is 0 Å². The van der Waals surface area contributed by atoms with Gasteiger partial charge in [-0.05, 0) is 71.1 Å². The molecule has 0 spiro atoms. The molecule has 0 aromatic rings. The van der Waals surface area contributed by atoms with Gasteiger partial charge in [-0.2, -0.15) is 0 Å². The lowest BCUT2D eigenvalue weighted by molar-refractivity contribution is 0.0817. The molecular weight excluding hydrogens is 274 g/mol. The Balaban J connectivity index is 1.23. The molecule has 2 N–H and O–H groups in total. The molecule has 4 heteroatoms. The van der Waals surface area contributed by atoms with Crippen LogP contribution in [0.15, 0.2) is 0 Å². The molecule has 128 valence electrons. The van der Waals surface area contributed by atoms with E-state index in [0.29, 0.717) is 0 Å². The smallest absolute Gasteiger partial charge is 0.0564 e. The van der Waals surface area contributed by atoms with Gasteiger partial charge >= 0.3 is 0 Å². The zero-order valence-electron chi connectivity index (χ0n) is 14.2. The number of likely N-dealkylation sites (tertiary alicyclic amines) is 2. The summed E-state index contributed by atoms with van der Waals surface area (Å²) in [6.07, 6.45) is 11.6. The molecule has 2 aliphatic heterocycles. The Morgan fingerprint density at radius 1 is 0.864 bits per heavy atom. The highest BCUT2D eigenvalue weighted by atomic mass is 16.3. The van der Waals surface area contributed by atoms with Crippen LogP contribution in [0.4, 0.5) is 0 Å². The van der Waals surface area contributed by atoms with Crippen LogP contribution in [-0.4, -0.2) is 72.4 Å². The second kappa shape index (κ2) is 8.62. The molecule has 0 bridgehead atoms. The molecular formula is C18H35N3O. The first-order valence-corrected chi connectivity index (χ1v) is 9.69. The minimum Gasteiger partial charge on any atom is -0.393 e. The monoisotopic (exact) mass is 309 g/mol. The molecule has 0 atom stereocenters. The maximum atomic E-state index is 9.53. The quantitative estimate of drug-likeness (QED) is 0.734. The lowest BCUT2D eigenvalue weighted by Crippen LogP contribution is -2.46. The van der Waals surface area contributed by atoms with Crippen molar-refractivity contribution in [3.63, 3.8) is 0 Å². The van der Waals surface area contributed by atoms with Gasteiger partial charge in [-0.3, -0.25) is 0 Å². The summed E-state index contributed by atoms with van der Waals surface area (Å²) >= 11 is 0. The predicted octanol–water partition coefficient (Wildman–Crippen LogP) is 1.83. The van der Waals surface area contributed by atoms with E-state index >= 15 is 0 Å². The Kier molecular flexibility index (Phi) is 6.54. The van der Waals surface area contributed by atoms with Gasteiger partial charge < -0.3 is 20.2 Å². The molecule has 3 fully saturated rings. The zero-order valence-corrected chi connectivity index (χ0v) is 14.2. The predicted molar refractivity (Wildman–Crippen MR) is 91.2 cm³/mol. The summed E-state index contributed by atoms with van der Waals surface area (Å²) in [6.45, 7) is 7.15. The van der Waals surface area contributed by atoms with Crippen molar-refractivity contribution in [2.75, 3.05) is 39.3 Å². The minimum absolute atomic E-state index is 0.0422. The van der Waals surface area contributed by atoms with Crippen LogP contribution >= 0.6 is 0 Å². The Hall–Kier alpha value is -0.160. The molecule has 2 saturated heterocycles. The summed E-state index contributed by atoms with van der Waals surface area (Å²) in [7, 11) is 0. The number of piperidine rings is 2. The summed E-state index contributed by atoms with van der Waals surface area (Å²) in [5, 5.41) is 13.3. The molecule has 2 heterocycles. The molecule has 3 aliphatic rings. The lowest BCUT2D eigenvalue weighted by atomic mass is 10.0. The molecule has 3 rings (SSSR count). The highest BCUT2D eigenvalue weighted by Crippen LogP contribution is 2.26. The van der Waals surface area contributed by atoms with Crippen LogP contribution in [0.1, 0.15) is 57.8 Å². The number of aliphatic hydroxyl groups is 1. The fraction of sp³-hybridized carbons (Fsp3) is 1.00. The van der Waals surface area contributed by atoms with Gasteiger partial charge in [0.2, 0.25) is 0 Å². The van der Waals surface area contributed by atoms with Gasteiger partial charge in [-0.15, -0.1) is 0 Å². The van der Waals surface area contributed by atoms with E-state index in [9.17, 15) is 5.11 Å². The van der Waals surface area contributed by atoms with Gasteiger partial charge in [0.05, 0.1) is 6.10 Å². The van der Waals surface area contributed by atoms with E-state index in [1.165, 1.54) is 64.6 Å². The summed E-state index contributed by atoms with van der Waals surface area (Å²) in [5.41, 5.74) is 0. The van der Waals surface area contributed by atoms with Crippen molar-refractivity contribution in [3.05, 3.63) is 0 Å². The van der Waals surface area contributed by atoms with E-state index in [1.54, 1.807) is 0 Å². The largest absolute Gasteiger partial charge is 0.393 e. The summed E-state index contributed by atoms with van der Waals surface area (Å²) in [6, 6.07) is 1.66. The van der Waals surface area contributed by atoms with Crippen LogP contribution in [0, 0.1) is 0 Å². The average Bonchev–Trinajstić information content (AvgIpc) is 3.08. The number of hydrogen-bond acceptors (Lipinski definition) is 4. The van der Waals surface area contributed by atoms with Crippen molar-refractivity contribution < 1.29 is 5.11 Å². The first-order chi connectivity index (χ1) is 10.8. The first kappa shape index (κ1) is 16.7. The standard InChI is InChI=1S/C18H35N3O/c22-18-8-12-20(13-9-18)11-3-10-19-16-6-14-21(15-7-16)17-4-1-2-5-17/h16-19,22H,1-15H2. The fourth-order valence-corrected chi connectivity index (χ4v) is 4.49. The van der Waals surface area contributed by atoms with E-state index in [2.05, 4.69) is 15.1 Å². The Morgan fingerprint density at radius 2 is 1.55 bits per heavy atom. The maximum absolute atomic E-state index is 9.53. The molecule has 1 aliphatic carbocycles. The zero-order chi connectivity index (χ0) is 15.2. The highest BCUT2D eigenvalue weighted by Gasteiger charge is 2.26. The van der Waals surface area contributed by atoms with Crippen LogP contribution in [0.2, 0.25) is 0 Å². The van der Waals surface area contributed by atoms with Crippen LogP contribution in [0.25, 0.3) is 0 Å². The Labute approximate surface area is 136 Å². The van der Waals surface area contributed by atoms with Crippen molar-refractivity contribution in [1.29, 1.82) is 0 Å². The van der Waals surface area contributed by atoms with Crippen molar-refractivity contribution in [2.45, 2.75) is 76.0 Å².